The Balaban J connectivity index is 2.21. The van der Waals surface area contributed by atoms with Crippen LogP contribution in [-0.2, 0) is 14.8 Å². The van der Waals surface area contributed by atoms with E-state index in [2.05, 4.69) is 4.72 Å². The van der Waals surface area contributed by atoms with Crippen molar-refractivity contribution in [2.75, 3.05) is 10.5 Å². The fraction of sp³-hybridized carbons (Fsp3) is 0.125. The molecule has 7 heteroatoms. The van der Waals surface area contributed by atoms with Crippen LogP contribution in [0, 0.1) is 0 Å². The van der Waals surface area contributed by atoms with Crippen LogP contribution in [0.25, 0.3) is 0 Å². The van der Waals surface area contributed by atoms with E-state index in [0.29, 0.717) is 5.69 Å². The van der Waals surface area contributed by atoms with Crippen LogP contribution in [0.3, 0.4) is 0 Å². The molecule has 0 aliphatic heterocycles. The summed E-state index contributed by atoms with van der Waals surface area (Å²) in [6.07, 6.45) is 0. The van der Waals surface area contributed by atoms with E-state index in [-0.39, 0.29) is 27.1 Å². The molecule has 120 valence electrons. The summed E-state index contributed by atoms with van der Waals surface area (Å²) in [5.74, 6) is -0.299. The third kappa shape index (κ3) is 4.94. The highest BCUT2D eigenvalue weighted by molar-refractivity contribution is 8.14. The van der Waals surface area contributed by atoms with Crippen molar-refractivity contribution in [3.63, 3.8) is 0 Å². The number of ketones is 1. The second-order valence-electron chi connectivity index (χ2n) is 4.70. The number of para-hydroxylation sites is 1. The predicted octanol–water partition coefficient (Wildman–Crippen LogP) is 2.95. The van der Waals surface area contributed by atoms with Crippen LogP contribution in [0.2, 0.25) is 0 Å². The SMILES string of the molecule is CC(=O)SCC(=O)c1cccc(S(=O)(=O)Nc2ccccc2)c1. The van der Waals surface area contributed by atoms with E-state index in [0.717, 1.165) is 11.8 Å². The lowest BCUT2D eigenvalue weighted by atomic mass is 10.1. The first-order valence-electron chi connectivity index (χ1n) is 6.73. The number of Topliss-reactive ketones (excluding diaryl/α,β-unsaturated/α-hetero) is 1. The van der Waals surface area contributed by atoms with Crippen molar-refractivity contribution in [1.29, 1.82) is 0 Å². The average molecular weight is 349 g/mol. The molecular weight excluding hydrogens is 334 g/mol. The third-order valence-corrected chi connectivity index (χ3v) is 5.09. The Morgan fingerprint density at radius 3 is 2.39 bits per heavy atom. The van der Waals surface area contributed by atoms with Gasteiger partial charge in [-0.3, -0.25) is 14.3 Å². The number of nitrogens with one attached hydrogen (secondary N) is 1. The minimum Gasteiger partial charge on any atom is -0.293 e. The molecule has 2 aromatic carbocycles. The summed E-state index contributed by atoms with van der Waals surface area (Å²) >= 11 is 0.897. The Labute approximate surface area is 139 Å². The highest BCUT2D eigenvalue weighted by atomic mass is 32.2. The summed E-state index contributed by atoms with van der Waals surface area (Å²) in [6, 6.07) is 14.3. The molecule has 2 aromatic rings. The maximum atomic E-state index is 12.4. The topological polar surface area (TPSA) is 80.3 Å². The molecule has 5 nitrogen and oxygen atoms in total. The zero-order chi connectivity index (χ0) is 16.9. The number of anilines is 1. The quantitative estimate of drug-likeness (QED) is 0.811. The van der Waals surface area contributed by atoms with Crippen LogP contribution in [-0.4, -0.2) is 25.1 Å². The van der Waals surface area contributed by atoms with Crippen LogP contribution in [0.4, 0.5) is 5.69 Å². The van der Waals surface area contributed by atoms with E-state index in [4.69, 9.17) is 0 Å². The molecule has 0 radical (unpaired) electrons. The van der Waals surface area contributed by atoms with Gasteiger partial charge in [0.1, 0.15) is 0 Å². The Kier molecular flexibility index (Phi) is 5.57. The van der Waals surface area contributed by atoms with Crippen LogP contribution in [0.5, 0.6) is 0 Å². The van der Waals surface area contributed by atoms with Gasteiger partial charge in [0.25, 0.3) is 10.0 Å². The van der Waals surface area contributed by atoms with Crippen molar-refractivity contribution in [2.24, 2.45) is 0 Å². The van der Waals surface area contributed by atoms with Crippen LogP contribution < -0.4 is 4.72 Å². The van der Waals surface area contributed by atoms with Crippen molar-refractivity contribution in [1.82, 2.24) is 0 Å². The van der Waals surface area contributed by atoms with Gasteiger partial charge in [0.05, 0.1) is 10.6 Å². The zero-order valence-corrected chi connectivity index (χ0v) is 14.0. The Morgan fingerprint density at radius 1 is 1.04 bits per heavy atom. The molecule has 0 unspecified atom stereocenters. The van der Waals surface area contributed by atoms with Gasteiger partial charge in [-0.15, -0.1) is 0 Å². The maximum Gasteiger partial charge on any atom is 0.261 e. The summed E-state index contributed by atoms with van der Waals surface area (Å²) in [5.41, 5.74) is 0.700. The number of hydrogen-bond acceptors (Lipinski definition) is 5. The minimum atomic E-state index is -3.78. The number of sulfonamides is 1. The number of carbonyl (C=O) groups is 2. The first kappa shape index (κ1) is 17.2. The van der Waals surface area contributed by atoms with Gasteiger partial charge in [0.2, 0.25) is 0 Å². The lowest BCUT2D eigenvalue weighted by Crippen LogP contribution is -2.14. The van der Waals surface area contributed by atoms with Gasteiger partial charge in [0, 0.05) is 18.2 Å². The predicted molar refractivity (Wildman–Crippen MR) is 91.2 cm³/mol. The molecule has 23 heavy (non-hydrogen) atoms. The van der Waals surface area contributed by atoms with Crippen molar-refractivity contribution >= 4 is 38.4 Å². The zero-order valence-electron chi connectivity index (χ0n) is 12.4. The summed E-state index contributed by atoms with van der Waals surface area (Å²) in [4.78, 5) is 22.9. The van der Waals surface area contributed by atoms with Crippen molar-refractivity contribution in [3.8, 4) is 0 Å². The summed E-state index contributed by atoms with van der Waals surface area (Å²) in [5, 5.41) is -0.159. The Bertz CT molecular complexity index is 817. The van der Waals surface area contributed by atoms with Gasteiger partial charge in [0.15, 0.2) is 10.9 Å². The van der Waals surface area contributed by atoms with Gasteiger partial charge in [-0.25, -0.2) is 8.42 Å². The molecule has 2 rings (SSSR count). The Hall–Kier alpha value is -2.12. The van der Waals surface area contributed by atoms with Crippen molar-refractivity contribution < 1.29 is 18.0 Å². The largest absolute Gasteiger partial charge is 0.293 e. The molecule has 0 atom stereocenters. The first-order chi connectivity index (χ1) is 10.9. The maximum absolute atomic E-state index is 12.4. The number of hydrogen-bond donors (Lipinski definition) is 1. The smallest absolute Gasteiger partial charge is 0.261 e. The third-order valence-electron chi connectivity index (χ3n) is 2.90. The lowest BCUT2D eigenvalue weighted by Gasteiger charge is -2.09. The molecule has 0 aliphatic carbocycles. The Morgan fingerprint density at radius 2 is 1.74 bits per heavy atom. The molecule has 0 fully saturated rings. The number of carbonyl (C=O) groups excluding carboxylic acids is 2. The number of rotatable bonds is 6. The summed E-state index contributed by atoms with van der Waals surface area (Å²) < 4.78 is 27.2. The van der Waals surface area contributed by atoms with Crippen molar-refractivity contribution in [3.05, 3.63) is 60.2 Å². The second-order valence-corrected chi connectivity index (χ2v) is 7.54. The van der Waals surface area contributed by atoms with Gasteiger partial charge >= 0.3 is 0 Å². The monoisotopic (exact) mass is 349 g/mol. The van der Waals surface area contributed by atoms with Crippen LogP contribution >= 0.6 is 11.8 Å². The fourth-order valence-electron chi connectivity index (χ4n) is 1.81. The number of thioether (sulfide) groups is 1. The standard InChI is InChI=1S/C16H15NO4S2/c1-12(18)22-11-16(19)13-6-5-9-15(10-13)23(20,21)17-14-7-3-2-4-8-14/h2-10,17H,11H2,1H3. The lowest BCUT2D eigenvalue weighted by molar-refractivity contribution is -0.109. The van der Waals surface area contributed by atoms with E-state index in [1.165, 1.54) is 31.2 Å². The fourth-order valence-corrected chi connectivity index (χ4v) is 3.41. The average Bonchev–Trinajstić information content (AvgIpc) is 2.53. The molecule has 0 spiro atoms. The van der Waals surface area contributed by atoms with Crippen molar-refractivity contribution in [2.45, 2.75) is 11.8 Å². The summed E-state index contributed by atoms with van der Waals surface area (Å²) in [7, 11) is -3.78. The molecule has 0 bridgehead atoms. The van der Waals surface area contributed by atoms with Gasteiger partial charge in [-0.2, -0.15) is 0 Å². The van der Waals surface area contributed by atoms with E-state index < -0.39 is 10.0 Å². The minimum absolute atomic E-state index is 0.0000260. The van der Waals surface area contributed by atoms with Crippen LogP contribution in [0.1, 0.15) is 17.3 Å². The van der Waals surface area contributed by atoms with E-state index in [1.54, 1.807) is 30.3 Å². The molecule has 0 aliphatic rings. The molecular formula is C16H15NO4S2. The molecule has 0 aromatic heterocycles. The first-order valence-corrected chi connectivity index (χ1v) is 9.20. The normalized spacial score (nSPS) is 11.0. The van der Waals surface area contributed by atoms with Gasteiger partial charge in [-0.1, -0.05) is 42.1 Å². The number of benzene rings is 2. The van der Waals surface area contributed by atoms with E-state index >= 15 is 0 Å². The van der Waals surface area contributed by atoms with E-state index in [9.17, 15) is 18.0 Å². The molecule has 0 amide bonds. The van der Waals surface area contributed by atoms with E-state index in [1.807, 2.05) is 0 Å². The highest BCUT2D eigenvalue weighted by Crippen LogP contribution is 2.18. The molecule has 0 saturated heterocycles. The molecule has 0 heterocycles. The van der Waals surface area contributed by atoms with Crippen LogP contribution in [0.15, 0.2) is 59.5 Å². The second kappa shape index (κ2) is 7.43. The molecule has 0 saturated carbocycles. The van der Waals surface area contributed by atoms with Gasteiger partial charge in [-0.05, 0) is 24.3 Å². The highest BCUT2D eigenvalue weighted by Gasteiger charge is 2.16. The molecule has 1 N–H and O–H groups in total. The summed E-state index contributed by atoms with van der Waals surface area (Å²) in [6.45, 7) is 1.38. The van der Waals surface area contributed by atoms with Gasteiger partial charge < -0.3 is 0 Å².